The minimum atomic E-state index is -0.143. The summed E-state index contributed by atoms with van der Waals surface area (Å²) in [6, 6.07) is 0. The molecule has 1 aliphatic rings. The molecule has 1 rings (SSSR count). The number of esters is 2. The van der Waals surface area contributed by atoms with Gasteiger partial charge in [-0.05, 0) is 43.9 Å². The number of rotatable bonds is 16. The number of unbranched alkanes of at least 4 members (excludes halogenated alkanes) is 4. The molecule has 176 valence electrons. The summed E-state index contributed by atoms with van der Waals surface area (Å²) in [4.78, 5) is 25.2. The van der Waals surface area contributed by atoms with Crippen LogP contribution in [0.25, 0.3) is 0 Å². The molecule has 4 nitrogen and oxygen atoms in total. The first-order valence-electron chi connectivity index (χ1n) is 12.9. The van der Waals surface area contributed by atoms with Crippen molar-refractivity contribution in [2.45, 2.75) is 118 Å². The lowest BCUT2D eigenvalue weighted by Crippen LogP contribution is -2.31. The Morgan fingerprint density at radius 2 is 1.17 bits per heavy atom. The van der Waals surface area contributed by atoms with Crippen LogP contribution in [0.1, 0.15) is 118 Å². The summed E-state index contributed by atoms with van der Waals surface area (Å²) in [7, 11) is 0. The number of carbonyl (C=O) groups excluding carboxylic acids is 2. The van der Waals surface area contributed by atoms with Gasteiger partial charge in [0.05, 0.1) is 25.0 Å². The lowest BCUT2D eigenvalue weighted by molar-refractivity contribution is -0.156. The average Bonchev–Trinajstić information content (AvgIpc) is 2.78. The van der Waals surface area contributed by atoms with Crippen LogP contribution in [-0.4, -0.2) is 25.2 Å². The van der Waals surface area contributed by atoms with Crippen molar-refractivity contribution in [1.82, 2.24) is 0 Å². The summed E-state index contributed by atoms with van der Waals surface area (Å²) in [6.45, 7) is 9.81. The van der Waals surface area contributed by atoms with E-state index in [1.54, 1.807) is 0 Å². The van der Waals surface area contributed by atoms with Crippen LogP contribution in [0, 0.1) is 23.7 Å². The molecule has 0 spiro atoms. The standard InChI is InChI=1S/C26H48O4/c1-5-9-11-14-21(7-3)19-29-25(27)23-16-13-17-24(18-23)26(28)30-20-22(8-4)15-12-10-6-2/h21-24H,5-20H2,1-4H3. The minimum absolute atomic E-state index is 0.104. The van der Waals surface area contributed by atoms with Gasteiger partial charge in [0, 0.05) is 0 Å². The lowest BCUT2D eigenvalue weighted by Gasteiger charge is -2.27. The monoisotopic (exact) mass is 424 g/mol. The fraction of sp³-hybridized carbons (Fsp3) is 0.923. The number of ether oxygens (including phenoxy) is 2. The highest BCUT2D eigenvalue weighted by Crippen LogP contribution is 2.31. The van der Waals surface area contributed by atoms with Gasteiger partial charge in [-0.15, -0.1) is 0 Å². The number of hydrogen-bond acceptors (Lipinski definition) is 4. The number of carbonyl (C=O) groups is 2. The maximum atomic E-state index is 12.6. The van der Waals surface area contributed by atoms with Crippen molar-refractivity contribution in [3.05, 3.63) is 0 Å². The van der Waals surface area contributed by atoms with Crippen molar-refractivity contribution < 1.29 is 19.1 Å². The first-order chi connectivity index (χ1) is 14.5. The van der Waals surface area contributed by atoms with Crippen molar-refractivity contribution in [3.63, 3.8) is 0 Å². The summed E-state index contributed by atoms with van der Waals surface area (Å²) < 4.78 is 11.3. The fourth-order valence-electron chi connectivity index (χ4n) is 4.43. The average molecular weight is 425 g/mol. The molecule has 0 amide bonds. The van der Waals surface area contributed by atoms with Gasteiger partial charge in [-0.1, -0.05) is 85.5 Å². The summed E-state index contributed by atoms with van der Waals surface area (Å²) in [5.74, 6) is 0.430. The topological polar surface area (TPSA) is 52.6 Å². The Bertz CT molecular complexity index is 422. The zero-order valence-electron chi connectivity index (χ0n) is 20.3. The van der Waals surface area contributed by atoms with Gasteiger partial charge < -0.3 is 9.47 Å². The fourth-order valence-corrected chi connectivity index (χ4v) is 4.43. The molecule has 0 aromatic carbocycles. The van der Waals surface area contributed by atoms with Crippen LogP contribution in [-0.2, 0) is 19.1 Å². The Labute approximate surface area is 185 Å². The molecule has 0 bridgehead atoms. The number of hydrogen-bond donors (Lipinski definition) is 0. The highest BCUT2D eigenvalue weighted by atomic mass is 16.5. The summed E-state index contributed by atoms with van der Waals surface area (Å²) in [5, 5.41) is 0. The molecule has 4 heteroatoms. The van der Waals surface area contributed by atoms with Crippen LogP contribution in [0.15, 0.2) is 0 Å². The maximum absolute atomic E-state index is 12.6. The molecule has 4 atom stereocenters. The van der Waals surface area contributed by atoms with E-state index in [-0.39, 0.29) is 23.8 Å². The third-order valence-electron chi connectivity index (χ3n) is 6.85. The molecule has 0 heterocycles. The predicted octanol–water partition coefficient (Wildman–Crippen LogP) is 7.09. The Hall–Kier alpha value is -1.06. The van der Waals surface area contributed by atoms with E-state index in [1.165, 1.54) is 38.5 Å². The van der Waals surface area contributed by atoms with E-state index < -0.39 is 0 Å². The van der Waals surface area contributed by atoms with Gasteiger partial charge in [-0.2, -0.15) is 0 Å². The Morgan fingerprint density at radius 3 is 1.53 bits per heavy atom. The smallest absolute Gasteiger partial charge is 0.308 e. The van der Waals surface area contributed by atoms with Crippen molar-refractivity contribution in [3.8, 4) is 0 Å². The van der Waals surface area contributed by atoms with E-state index in [0.29, 0.717) is 31.5 Å². The third kappa shape index (κ3) is 10.8. The van der Waals surface area contributed by atoms with Gasteiger partial charge in [0.1, 0.15) is 0 Å². The molecule has 0 radical (unpaired) electrons. The van der Waals surface area contributed by atoms with E-state index >= 15 is 0 Å². The second-order valence-electron chi connectivity index (χ2n) is 9.36. The zero-order chi connectivity index (χ0) is 22.2. The highest BCUT2D eigenvalue weighted by molar-refractivity contribution is 5.76. The van der Waals surface area contributed by atoms with Crippen LogP contribution in [0.4, 0.5) is 0 Å². The van der Waals surface area contributed by atoms with Crippen LogP contribution in [0.5, 0.6) is 0 Å². The molecule has 0 N–H and O–H groups in total. The Morgan fingerprint density at radius 1 is 0.733 bits per heavy atom. The normalized spacial score (nSPS) is 21.1. The maximum Gasteiger partial charge on any atom is 0.308 e. The van der Waals surface area contributed by atoms with Crippen molar-refractivity contribution >= 4 is 11.9 Å². The summed E-state index contributed by atoms with van der Waals surface area (Å²) in [5.41, 5.74) is 0. The molecular formula is C26H48O4. The molecule has 1 aliphatic carbocycles. The van der Waals surface area contributed by atoms with Gasteiger partial charge >= 0.3 is 11.9 Å². The van der Waals surface area contributed by atoms with Crippen molar-refractivity contribution in [2.24, 2.45) is 23.7 Å². The second-order valence-corrected chi connectivity index (χ2v) is 9.36. The Kier molecular flexibility index (Phi) is 14.9. The quantitative estimate of drug-likeness (QED) is 0.196. The summed E-state index contributed by atoms with van der Waals surface area (Å²) in [6.07, 6.45) is 14.9. The van der Waals surface area contributed by atoms with Crippen molar-refractivity contribution in [2.75, 3.05) is 13.2 Å². The van der Waals surface area contributed by atoms with E-state index in [9.17, 15) is 9.59 Å². The van der Waals surface area contributed by atoms with E-state index in [0.717, 1.165) is 44.9 Å². The first kappa shape index (κ1) is 27.0. The van der Waals surface area contributed by atoms with Gasteiger partial charge in [0.2, 0.25) is 0 Å². The second kappa shape index (κ2) is 16.6. The van der Waals surface area contributed by atoms with E-state index in [1.807, 2.05) is 0 Å². The van der Waals surface area contributed by atoms with Crippen molar-refractivity contribution in [1.29, 1.82) is 0 Å². The minimum Gasteiger partial charge on any atom is -0.465 e. The first-order valence-corrected chi connectivity index (χ1v) is 12.9. The molecule has 30 heavy (non-hydrogen) atoms. The summed E-state index contributed by atoms with van der Waals surface area (Å²) >= 11 is 0. The molecular weight excluding hydrogens is 376 g/mol. The Balaban J connectivity index is 2.38. The van der Waals surface area contributed by atoms with Crippen LogP contribution < -0.4 is 0 Å². The molecule has 0 aromatic rings. The van der Waals surface area contributed by atoms with Gasteiger partial charge in [-0.25, -0.2) is 0 Å². The van der Waals surface area contributed by atoms with E-state index in [2.05, 4.69) is 27.7 Å². The van der Waals surface area contributed by atoms with Crippen LogP contribution in [0.2, 0.25) is 0 Å². The van der Waals surface area contributed by atoms with Crippen LogP contribution in [0.3, 0.4) is 0 Å². The molecule has 0 aromatic heterocycles. The van der Waals surface area contributed by atoms with Gasteiger partial charge in [0.15, 0.2) is 0 Å². The molecule has 0 aliphatic heterocycles. The largest absolute Gasteiger partial charge is 0.465 e. The predicted molar refractivity (Wildman–Crippen MR) is 123 cm³/mol. The third-order valence-corrected chi connectivity index (χ3v) is 6.85. The molecule has 0 saturated heterocycles. The molecule has 1 fully saturated rings. The highest BCUT2D eigenvalue weighted by Gasteiger charge is 2.33. The van der Waals surface area contributed by atoms with Crippen LogP contribution >= 0.6 is 0 Å². The molecule has 1 saturated carbocycles. The zero-order valence-corrected chi connectivity index (χ0v) is 20.3. The van der Waals surface area contributed by atoms with Gasteiger partial charge in [0.25, 0.3) is 0 Å². The SMILES string of the molecule is CCCCCC(CC)COC(=O)C1CCCC(C(=O)OCC(CC)CCCCC)C1. The molecule has 4 unspecified atom stereocenters. The van der Waals surface area contributed by atoms with E-state index in [4.69, 9.17) is 9.47 Å². The lowest BCUT2D eigenvalue weighted by atomic mass is 9.81. The van der Waals surface area contributed by atoms with Gasteiger partial charge in [-0.3, -0.25) is 9.59 Å².